The number of rotatable bonds is 7. The van der Waals surface area contributed by atoms with Crippen molar-refractivity contribution in [2.45, 2.75) is 31.6 Å². The molecule has 0 aliphatic carbocycles. The van der Waals surface area contributed by atoms with Crippen LogP contribution in [0.25, 0.3) is 0 Å². The highest BCUT2D eigenvalue weighted by Crippen LogP contribution is 2.24. The summed E-state index contributed by atoms with van der Waals surface area (Å²) in [6.07, 6.45) is 2.36. The quantitative estimate of drug-likeness (QED) is 0.826. The van der Waals surface area contributed by atoms with Crippen LogP contribution >= 0.6 is 0 Å². The zero-order chi connectivity index (χ0) is 17.7. The highest BCUT2D eigenvalue weighted by atomic mass is 32.2. The number of benzene rings is 2. The van der Waals surface area contributed by atoms with Crippen molar-refractivity contribution < 1.29 is 8.42 Å². The highest BCUT2D eigenvalue weighted by Gasteiger charge is 2.25. The molecule has 1 fully saturated rings. The van der Waals surface area contributed by atoms with Gasteiger partial charge in [-0.25, -0.2) is 13.1 Å². The van der Waals surface area contributed by atoms with Crippen LogP contribution in [0.2, 0.25) is 0 Å². The third-order valence-corrected chi connectivity index (χ3v) is 6.06. The first-order chi connectivity index (χ1) is 12.0. The van der Waals surface area contributed by atoms with E-state index < -0.39 is 10.0 Å². The van der Waals surface area contributed by atoms with E-state index in [1.165, 1.54) is 18.4 Å². The Kier molecular flexibility index (Phi) is 5.89. The number of hydrogen-bond donors (Lipinski definition) is 1. The standard InChI is InChI=1S/C20H26N2O2S/c1-17-9-11-18(12-10-17)16-25(23,24)21-15-20(22-13-5-6-14-22)19-7-3-2-4-8-19/h2-4,7-12,20-21H,5-6,13-16H2,1H3. The molecule has 0 aromatic heterocycles. The fraction of sp³-hybridized carbons (Fsp3) is 0.400. The number of hydrogen-bond acceptors (Lipinski definition) is 3. The molecule has 0 saturated carbocycles. The van der Waals surface area contributed by atoms with Crippen molar-refractivity contribution in [2.24, 2.45) is 0 Å². The summed E-state index contributed by atoms with van der Waals surface area (Å²) >= 11 is 0. The Morgan fingerprint density at radius 3 is 2.28 bits per heavy atom. The van der Waals surface area contributed by atoms with Gasteiger partial charge in [0.05, 0.1) is 5.75 Å². The molecule has 1 unspecified atom stereocenters. The number of nitrogens with one attached hydrogen (secondary N) is 1. The summed E-state index contributed by atoms with van der Waals surface area (Å²) in [4.78, 5) is 2.38. The number of nitrogens with zero attached hydrogens (tertiary/aromatic N) is 1. The molecule has 1 saturated heterocycles. The second kappa shape index (κ2) is 8.13. The molecule has 25 heavy (non-hydrogen) atoms. The molecule has 134 valence electrons. The molecule has 1 aliphatic heterocycles. The van der Waals surface area contributed by atoms with Crippen LogP contribution in [0, 0.1) is 6.92 Å². The lowest BCUT2D eigenvalue weighted by Gasteiger charge is -2.28. The minimum atomic E-state index is -3.36. The van der Waals surface area contributed by atoms with Crippen molar-refractivity contribution in [1.29, 1.82) is 0 Å². The summed E-state index contributed by atoms with van der Waals surface area (Å²) < 4.78 is 27.8. The van der Waals surface area contributed by atoms with E-state index in [2.05, 4.69) is 21.8 Å². The summed E-state index contributed by atoms with van der Waals surface area (Å²) in [5.74, 6) is 0.0226. The minimum absolute atomic E-state index is 0.0226. The molecule has 2 aromatic rings. The molecule has 4 nitrogen and oxygen atoms in total. The number of sulfonamides is 1. The molecule has 0 radical (unpaired) electrons. The summed E-state index contributed by atoms with van der Waals surface area (Å²) in [6.45, 7) is 4.47. The third kappa shape index (κ3) is 5.14. The minimum Gasteiger partial charge on any atom is -0.295 e. The van der Waals surface area contributed by atoms with E-state index in [-0.39, 0.29) is 11.8 Å². The molecule has 1 heterocycles. The summed E-state index contributed by atoms with van der Waals surface area (Å²) in [7, 11) is -3.36. The van der Waals surface area contributed by atoms with Gasteiger partial charge in [0.25, 0.3) is 0 Å². The summed E-state index contributed by atoms with van der Waals surface area (Å²) in [5.41, 5.74) is 3.12. The van der Waals surface area contributed by atoms with E-state index in [1.807, 2.05) is 49.4 Å². The molecule has 0 spiro atoms. The Labute approximate surface area is 150 Å². The Bertz CT molecular complexity index is 767. The van der Waals surface area contributed by atoms with Gasteiger partial charge in [0, 0.05) is 12.6 Å². The van der Waals surface area contributed by atoms with E-state index in [1.54, 1.807) is 0 Å². The van der Waals surface area contributed by atoms with E-state index >= 15 is 0 Å². The van der Waals surface area contributed by atoms with Crippen LogP contribution in [-0.4, -0.2) is 33.0 Å². The Morgan fingerprint density at radius 2 is 1.64 bits per heavy atom. The predicted octanol–water partition coefficient (Wildman–Crippen LogP) is 3.25. The molecular formula is C20H26N2O2S. The number of likely N-dealkylation sites (tertiary alicyclic amines) is 1. The average molecular weight is 359 g/mol. The SMILES string of the molecule is Cc1ccc(CS(=O)(=O)NCC(c2ccccc2)N2CCCC2)cc1. The first-order valence-corrected chi connectivity index (χ1v) is 10.5. The van der Waals surface area contributed by atoms with E-state index in [0.717, 1.165) is 24.2 Å². The number of aryl methyl sites for hydroxylation is 1. The van der Waals surface area contributed by atoms with E-state index in [0.29, 0.717) is 6.54 Å². The maximum absolute atomic E-state index is 12.5. The Morgan fingerprint density at radius 1 is 1.00 bits per heavy atom. The van der Waals surface area contributed by atoms with Gasteiger partial charge in [-0.05, 0) is 44.0 Å². The van der Waals surface area contributed by atoms with Crippen LogP contribution in [0.4, 0.5) is 0 Å². The molecule has 3 rings (SSSR count). The second-order valence-electron chi connectivity index (χ2n) is 6.76. The fourth-order valence-corrected chi connectivity index (χ4v) is 4.49. The largest absolute Gasteiger partial charge is 0.295 e. The van der Waals surface area contributed by atoms with Gasteiger partial charge in [-0.1, -0.05) is 60.2 Å². The second-order valence-corrected chi connectivity index (χ2v) is 8.57. The summed E-state index contributed by atoms with van der Waals surface area (Å²) in [6, 6.07) is 17.9. The molecule has 0 bridgehead atoms. The van der Waals surface area contributed by atoms with Gasteiger partial charge in [0.2, 0.25) is 10.0 Å². The Hall–Kier alpha value is -1.69. The molecule has 5 heteroatoms. The van der Waals surface area contributed by atoms with Crippen LogP contribution in [-0.2, 0) is 15.8 Å². The van der Waals surface area contributed by atoms with Gasteiger partial charge in [-0.3, -0.25) is 4.90 Å². The predicted molar refractivity (Wildman–Crippen MR) is 102 cm³/mol. The normalized spacial score (nSPS) is 16.8. The van der Waals surface area contributed by atoms with Crippen molar-refractivity contribution in [3.8, 4) is 0 Å². The molecular weight excluding hydrogens is 332 g/mol. The van der Waals surface area contributed by atoms with Gasteiger partial charge < -0.3 is 0 Å². The first kappa shape index (κ1) is 18.1. The maximum atomic E-state index is 12.5. The van der Waals surface area contributed by atoms with Gasteiger partial charge in [-0.2, -0.15) is 0 Å². The van der Waals surface area contributed by atoms with Crippen LogP contribution in [0.3, 0.4) is 0 Å². The Balaban J connectivity index is 1.68. The van der Waals surface area contributed by atoms with Crippen LogP contribution < -0.4 is 4.72 Å². The van der Waals surface area contributed by atoms with Gasteiger partial charge in [-0.15, -0.1) is 0 Å². The molecule has 1 aliphatic rings. The first-order valence-electron chi connectivity index (χ1n) is 8.85. The van der Waals surface area contributed by atoms with Gasteiger partial charge >= 0.3 is 0 Å². The lowest BCUT2D eigenvalue weighted by atomic mass is 10.1. The monoisotopic (exact) mass is 358 g/mol. The van der Waals surface area contributed by atoms with E-state index in [4.69, 9.17) is 0 Å². The lowest BCUT2D eigenvalue weighted by Crippen LogP contribution is -2.37. The molecule has 2 aromatic carbocycles. The third-order valence-electron chi connectivity index (χ3n) is 4.74. The summed E-state index contributed by atoms with van der Waals surface area (Å²) in [5, 5.41) is 0. The van der Waals surface area contributed by atoms with Crippen molar-refractivity contribution >= 4 is 10.0 Å². The van der Waals surface area contributed by atoms with Crippen molar-refractivity contribution in [2.75, 3.05) is 19.6 Å². The van der Waals surface area contributed by atoms with Crippen LogP contribution in [0.1, 0.15) is 35.6 Å². The van der Waals surface area contributed by atoms with E-state index in [9.17, 15) is 8.42 Å². The van der Waals surface area contributed by atoms with Crippen molar-refractivity contribution in [1.82, 2.24) is 9.62 Å². The highest BCUT2D eigenvalue weighted by molar-refractivity contribution is 7.88. The maximum Gasteiger partial charge on any atom is 0.215 e. The zero-order valence-corrected chi connectivity index (χ0v) is 15.5. The zero-order valence-electron chi connectivity index (χ0n) is 14.7. The molecule has 1 N–H and O–H groups in total. The smallest absolute Gasteiger partial charge is 0.215 e. The lowest BCUT2D eigenvalue weighted by molar-refractivity contribution is 0.246. The van der Waals surface area contributed by atoms with Crippen LogP contribution in [0.15, 0.2) is 54.6 Å². The van der Waals surface area contributed by atoms with Crippen molar-refractivity contribution in [3.63, 3.8) is 0 Å². The van der Waals surface area contributed by atoms with Gasteiger partial charge in [0.15, 0.2) is 0 Å². The average Bonchev–Trinajstić information content (AvgIpc) is 3.12. The molecule has 0 amide bonds. The fourth-order valence-electron chi connectivity index (χ4n) is 3.35. The topological polar surface area (TPSA) is 49.4 Å². The van der Waals surface area contributed by atoms with Gasteiger partial charge in [0.1, 0.15) is 0 Å². The van der Waals surface area contributed by atoms with Crippen LogP contribution in [0.5, 0.6) is 0 Å². The molecule has 1 atom stereocenters. The van der Waals surface area contributed by atoms with Crippen molar-refractivity contribution in [3.05, 3.63) is 71.3 Å².